The quantitative estimate of drug-likeness (QED) is 0.488. The van der Waals surface area contributed by atoms with E-state index in [0.29, 0.717) is 13.1 Å². The van der Waals surface area contributed by atoms with Gasteiger partial charge in [-0.3, -0.25) is 4.99 Å². The number of ether oxygens (including phenoxy) is 2. The molecule has 0 amide bonds. The van der Waals surface area contributed by atoms with Gasteiger partial charge in [0.2, 0.25) is 0 Å². The normalized spacial score (nSPS) is 11.2. The Balaban J connectivity index is 1.52. The molecule has 0 unspecified atom stereocenters. The predicted octanol–water partition coefficient (Wildman–Crippen LogP) is 2.75. The Morgan fingerprint density at radius 3 is 2.11 bits per heavy atom. The number of benzene rings is 2. The van der Waals surface area contributed by atoms with E-state index in [1.54, 1.807) is 21.3 Å². The molecule has 28 heavy (non-hydrogen) atoms. The lowest BCUT2D eigenvalue weighted by molar-refractivity contribution is 0.414. The van der Waals surface area contributed by atoms with Crippen LogP contribution in [0.3, 0.4) is 0 Å². The maximum absolute atomic E-state index is 5.19. The predicted molar refractivity (Wildman–Crippen MR) is 110 cm³/mol. The largest absolute Gasteiger partial charge is 0.497 e. The number of hydrogen-bond donors (Lipinski definition) is 2. The Kier molecular flexibility index (Phi) is 6.51. The molecule has 0 aliphatic carbocycles. The number of hydrogen-bond acceptors (Lipinski definition) is 4. The van der Waals surface area contributed by atoms with Gasteiger partial charge in [0.05, 0.1) is 32.1 Å². The number of aliphatic imine (C=N–C) groups is 1. The van der Waals surface area contributed by atoms with Crippen LogP contribution in [-0.2, 0) is 13.1 Å². The van der Waals surface area contributed by atoms with Gasteiger partial charge in [-0.15, -0.1) is 0 Å². The van der Waals surface area contributed by atoms with Crippen LogP contribution in [0.4, 0.5) is 0 Å². The number of rotatable bonds is 7. The molecule has 7 heteroatoms. The monoisotopic (exact) mass is 379 g/mol. The maximum Gasteiger partial charge on any atom is 0.191 e. The molecule has 0 bridgehead atoms. The van der Waals surface area contributed by atoms with Crippen molar-refractivity contribution >= 4 is 5.96 Å². The van der Waals surface area contributed by atoms with E-state index in [4.69, 9.17) is 9.47 Å². The molecule has 0 radical (unpaired) electrons. The SMILES string of the molecule is CN=C(NCc1ccc(OC)cc1)NCc1ccn(-c2ccc(OC)cc2)n1. The third kappa shape index (κ3) is 5.03. The average molecular weight is 379 g/mol. The van der Waals surface area contributed by atoms with Gasteiger partial charge in [-0.05, 0) is 48.0 Å². The summed E-state index contributed by atoms with van der Waals surface area (Å²) in [5.74, 6) is 2.39. The van der Waals surface area contributed by atoms with Gasteiger partial charge in [0.1, 0.15) is 11.5 Å². The van der Waals surface area contributed by atoms with Crippen molar-refractivity contribution in [2.24, 2.45) is 4.99 Å². The molecule has 3 aromatic rings. The number of nitrogens with zero attached hydrogens (tertiary/aromatic N) is 3. The van der Waals surface area contributed by atoms with E-state index >= 15 is 0 Å². The molecule has 0 aliphatic heterocycles. The summed E-state index contributed by atoms with van der Waals surface area (Å²) in [5.41, 5.74) is 3.05. The molecule has 0 saturated heterocycles. The molecule has 7 nitrogen and oxygen atoms in total. The first-order chi connectivity index (χ1) is 13.7. The molecule has 2 N–H and O–H groups in total. The number of guanidine groups is 1. The smallest absolute Gasteiger partial charge is 0.191 e. The maximum atomic E-state index is 5.19. The van der Waals surface area contributed by atoms with Crippen LogP contribution in [0.25, 0.3) is 5.69 Å². The minimum absolute atomic E-state index is 0.575. The first-order valence-electron chi connectivity index (χ1n) is 8.98. The lowest BCUT2D eigenvalue weighted by Gasteiger charge is -2.11. The van der Waals surface area contributed by atoms with E-state index in [0.717, 1.165) is 34.4 Å². The van der Waals surface area contributed by atoms with Crippen LogP contribution in [0, 0.1) is 0 Å². The summed E-state index contributed by atoms with van der Waals surface area (Å²) in [4.78, 5) is 4.26. The van der Waals surface area contributed by atoms with Crippen LogP contribution in [0.15, 0.2) is 65.8 Å². The topological polar surface area (TPSA) is 72.7 Å². The molecule has 0 saturated carbocycles. The summed E-state index contributed by atoms with van der Waals surface area (Å²) in [6, 6.07) is 17.7. The lowest BCUT2D eigenvalue weighted by Crippen LogP contribution is -2.36. The molecule has 146 valence electrons. The third-order valence-electron chi connectivity index (χ3n) is 4.26. The van der Waals surface area contributed by atoms with Gasteiger partial charge >= 0.3 is 0 Å². The third-order valence-corrected chi connectivity index (χ3v) is 4.26. The summed E-state index contributed by atoms with van der Waals surface area (Å²) < 4.78 is 12.2. The molecule has 1 heterocycles. The van der Waals surface area contributed by atoms with Crippen LogP contribution in [0.2, 0.25) is 0 Å². The van der Waals surface area contributed by atoms with Gasteiger partial charge in [-0.2, -0.15) is 5.10 Å². The molecular weight excluding hydrogens is 354 g/mol. The molecule has 2 aromatic carbocycles. The zero-order valence-electron chi connectivity index (χ0n) is 16.3. The number of aromatic nitrogens is 2. The first-order valence-corrected chi connectivity index (χ1v) is 8.98. The van der Waals surface area contributed by atoms with Gasteiger partial charge in [0.25, 0.3) is 0 Å². The van der Waals surface area contributed by atoms with Gasteiger partial charge in [-0.25, -0.2) is 4.68 Å². The molecule has 0 spiro atoms. The second-order valence-electron chi connectivity index (χ2n) is 6.08. The highest BCUT2D eigenvalue weighted by atomic mass is 16.5. The first kappa shape index (κ1) is 19.3. The zero-order valence-corrected chi connectivity index (χ0v) is 16.3. The van der Waals surface area contributed by atoms with Crippen molar-refractivity contribution in [3.63, 3.8) is 0 Å². The van der Waals surface area contributed by atoms with Crippen LogP contribution in [0.1, 0.15) is 11.3 Å². The van der Waals surface area contributed by atoms with Crippen LogP contribution >= 0.6 is 0 Å². The summed E-state index contributed by atoms with van der Waals surface area (Å²) in [6.07, 6.45) is 1.94. The second-order valence-corrected chi connectivity index (χ2v) is 6.08. The molecule has 0 aliphatic rings. The molecule has 0 atom stereocenters. The van der Waals surface area contributed by atoms with Crippen molar-refractivity contribution in [3.05, 3.63) is 72.1 Å². The van der Waals surface area contributed by atoms with Gasteiger partial charge in [0.15, 0.2) is 5.96 Å². The molecule has 3 rings (SSSR count). The Bertz CT molecular complexity index is 901. The minimum Gasteiger partial charge on any atom is -0.497 e. The van der Waals surface area contributed by atoms with Gasteiger partial charge < -0.3 is 20.1 Å². The summed E-state index contributed by atoms with van der Waals surface area (Å²) in [7, 11) is 5.07. The van der Waals surface area contributed by atoms with E-state index in [1.165, 1.54) is 0 Å². The van der Waals surface area contributed by atoms with Gasteiger partial charge in [0, 0.05) is 19.8 Å². The highest BCUT2D eigenvalue weighted by Crippen LogP contribution is 2.14. The standard InChI is InChI=1S/C21H25N5O2/c1-22-21(23-14-16-4-8-19(27-2)9-5-16)24-15-17-12-13-26(25-17)18-6-10-20(28-3)11-7-18/h4-13H,14-15H2,1-3H3,(H2,22,23,24). The highest BCUT2D eigenvalue weighted by molar-refractivity contribution is 5.79. The van der Waals surface area contributed by atoms with Crippen molar-refractivity contribution < 1.29 is 9.47 Å². The Hall–Kier alpha value is -3.48. The summed E-state index contributed by atoms with van der Waals surface area (Å²) in [5, 5.41) is 11.2. The molecular formula is C21H25N5O2. The van der Waals surface area contributed by atoms with E-state index in [-0.39, 0.29) is 0 Å². The van der Waals surface area contributed by atoms with Crippen LogP contribution < -0.4 is 20.1 Å². The molecule has 0 fully saturated rings. The van der Waals surface area contributed by atoms with E-state index < -0.39 is 0 Å². The zero-order chi connectivity index (χ0) is 19.8. The van der Waals surface area contributed by atoms with Crippen molar-refractivity contribution in [1.29, 1.82) is 0 Å². The van der Waals surface area contributed by atoms with Crippen molar-refractivity contribution in [1.82, 2.24) is 20.4 Å². The minimum atomic E-state index is 0.575. The average Bonchev–Trinajstić information content (AvgIpc) is 3.23. The Morgan fingerprint density at radius 1 is 0.893 bits per heavy atom. The second kappa shape index (κ2) is 9.45. The fraction of sp³-hybridized carbons (Fsp3) is 0.238. The van der Waals surface area contributed by atoms with Crippen LogP contribution in [0.5, 0.6) is 11.5 Å². The Labute approximate surface area is 165 Å². The highest BCUT2D eigenvalue weighted by Gasteiger charge is 2.04. The summed E-state index contributed by atoms with van der Waals surface area (Å²) in [6.45, 7) is 1.25. The fourth-order valence-corrected chi connectivity index (χ4v) is 2.66. The fourth-order valence-electron chi connectivity index (χ4n) is 2.66. The van der Waals surface area contributed by atoms with Crippen LogP contribution in [-0.4, -0.2) is 37.0 Å². The number of nitrogens with one attached hydrogen (secondary N) is 2. The number of methoxy groups -OCH3 is 2. The van der Waals surface area contributed by atoms with E-state index in [9.17, 15) is 0 Å². The van der Waals surface area contributed by atoms with Gasteiger partial charge in [-0.1, -0.05) is 12.1 Å². The van der Waals surface area contributed by atoms with E-state index in [2.05, 4.69) is 20.7 Å². The van der Waals surface area contributed by atoms with Crippen molar-refractivity contribution in [3.8, 4) is 17.2 Å². The van der Waals surface area contributed by atoms with Crippen molar-refractivity contribution in [2.75, 3.05) is 21.3 Å². The van der Waals surface area contributed by atoms with Crippen molar-refractivity contribution in [2.45, 2.75) is 13.1 Å². The molecule has 1 aromatic heterocycles. The summed E-state index contributed by atoms with van der Waals surface area (Å²) >= 11 is 0. The lowest BCUT2D eigenvalue weighted by atomic mass is 10.2. The van der Waals surface area contributed by atoms with E-state index in [1.807, 2.05) is 65.5 Å². The Morgan fingerprint density at radius 2 is 1.50 bits per heavy atom.